The molecule has 1 fully saturated rings. The van der Waals surface area contributed by atoms with Crippen molar-refractivity contribution < 1.29 is 4.74 Å². The molecule has 2 heterocycles. The Balaban J connectivity index is 0.00000312. The highest BCUT2D eigenvalue weighted by Crippen LogP contribution is 2.17. The molecule has 2 rings (SSSR count). The molecule has 148 valence electrons. The normalized spacial score (nSPS) is 16.2. The van der Waals surface area contributed by atoms with Crippen LogP contribution in [0.15, 0.2) is 18.5 Å². The van der Waals surface area contributed by atoms with Gasteiger partial charge in [-0.3, -0.25) is 4.98 Å². The monoisotopic (exact) mass is 400 g/mol. The quantitative estimate of drug-likeness (QED) is 0.404. The zero-order valence-corrected chi connectivity index (χ0v) is 17.8. The molecular weight excluding hydrogens is 367 g/mol. The van der Waals surface area contributed by atoms with E-state index in [-0.39, 0.29) is 24.8 Å². The number of likely N-dealkylation sites (tertiary alicyclic amines) is 1. The van der Waals surface area contributed by atoms with Crippen molar-refractivity contribution >= 4 is 24.8 Å². The van der Waals surface area contributed by atoms with E-state index in [1.54, 1.807) is 6.20 Å². The number of unbranched alkanes of at least 4 members (excludes halogenated alkanes) is 6. The summed E-state index contributed by atoms with van der Waals surface area (Å²) in [6, 6.07) is 2.54. The summed E-state index contributed by atoms with van der Waals surface area (Å²) < 4.78 is 5.91. The largest absolute Gasteiger partial charge is 0.490 e. The van der Waals surface area contributed by atoms with Crippen molar-refractivity contribution in [3.63, 3.8) is 0 Å². The van der Waals surface area contributed by atoms with E-state index in [0.717, 1.165) is 24.3 Å². The molecule has 1 aromatic rings. The Kier molecular flexibility index (Phi) is 14.6. The maximum absolute atomic E-state index is 5.91. The van der Waals surface area contributed by atoms with Crippen LogP contribution in [0.2, 0.25) is 0 Å². The predicted octanol–water partition coefficient (Wildman–Crippen LogP) is 5.50. The van der Waals surface area contributed by atoms with Crippen molar-refractivity contribution in [2.75, 3.05) is 20.2 Å². The fraction of sp³-hybridized carbons (Fsp3) is 0.667. The summed E-state index contributed by atoms with van der Waals surface area (Å²) in [7, 11) is 2.17. The molecule has 1 aliphatic heterocycles. The number of hydrogen-bond acceptors (Lipinski definition) is 3. The maximum atomic E-state index is 5.91. The Bertz CT molecular complexity index is 542. The molecule has 0 amide bonds. The number of pyridine rings is 1. The third-order valence-electron chi connectivity index (χ3n) is 4.72. The minimum Gasteiger partial charge on any atom is -0.490 e. The summed E-state index contributed by atoms with van der Waals surface area (Å²) >= 11 is 0. The number of halogens is 2. The third-order valence-corrected chi connectivity index (χ3v) is 4.72. The van der Waals surface area contributed by atoms with E-state index in [0.29, 0.717) is 6.04 Å². The van der Waals surface area contributed by atoms with E-state index in [4.69, 9.17) is 4.74 Å². The fourth-order valence-corrected chi connectivity index (χ4v) is 3.11. The highest BCUT2D eigenvalue weighted by Gasteiger charge is 2.21. The van der Waals surface area contributed by atoms with Gasteiger partial charge in [0.05, 0.1) is 6.20 Å². The first kappa shape index (κ1) is 25.1. The lowest BCUT2D eigenvalue weighted by Crippen LogP contribution is -2.30. The molecule has 1 atom stereocenters. The topological polar surface area (TPSA) is 25.4 Å². The average Bonchev–Trinajstić information content (AvgIpc) is 3.01. The second-order valence-corrected chi connectivity index (χ2v) is 6.82. The molecular formula is C21H34Cl2N2O. The van der Waals surface area contributed by atoms with Gasteiger partial charge in [0.1, 0.15) is 12.4 Å². The van der Waals surface area contributed by atoms with Crippen LogP contribution in [0.1, 0.15) is 70.3 Å². The predicted molar refractivity (Wildman–Crippen MR) is 115 cm³/mol. The van der Waals surface area contributed by atoms with Gasteiger partial charge in [0.25, 0.3) is 0 Å². The minimum atomic E-state index is 0. The van der Waals surface area contributed by atoms with Crippen LogP contribution in [-0.4, -0.2) is 36.1 Å². The van der Waals surface area contributed by atoms with E-state index in [9.17, 15) is 0 Å². The summed E-state index contributed by atoms with van der Waals surface area (Å²) in [5, 5.41) is 0. The minimum absolute atomic E-state index is 0. The lowest BCUT2D eigenvalue weighted by Gasteiger charge is -2.19. The number of ether oxygens (including phenoxy) is 1. The lowest BCUT2D eigenvalue weighted by molar-refractivity contribution is 0.198. The molecule has 5 heteroatoms. The Morgan fingerprint density at radius 3 is 2.65 bits per heavy atom. The smallest absolute Gasteiger partial charge is 0.138 e. The third kappa shape index (κ3) is 9.67. The molecule has 1 aliphatic rings. The molecule has 0 aromatic carbocycles. The number of likely N-dealkylation sites (N-methyl/N-ethyl adjacent to an activating group) is 1. The molecule has 0 N–H and O–H groups in total. The molecule has 0 spiro atoms. The van der Waals surface area contributed by atoms with E-state index in [1.165, 1.54) is 57.9 Å². The second-order valence-electron chi connectivity index (χ2n) is 6.82. The molecule has 1 saturated heterocycles. The van der Waals surface area contributed by atoms with Crippen molar-refractivity contribution in [2.45, 2.75) is 70.8 Å². The standard InChI is InChI=1S/C21H32N2O.2ClH/c1-3-4-5-6-7-8-9-10-12-19-15-21(17-22-16-19)24-18-20-13-11-14-23(20)2;;/h15-17,20H,3-9,11,13-14,18H2,1-2H3;2*1H/t20-;;/m0../s1. The maximum Gasteiger partial charge on any atom is 0.138 e. The first-order valence-electron chi connectivity index (χ1n) is 9.56. The van der Waals surface area contributed by atoms with E-state index >= 15 is 0 Å². The Hall–Kier alpha value is -0.950. The summed E-state index contributed by atoms with van der Waals surface area (Å²) in [5.41, 5.74) is 0.957. The summed E-state index contributed by atoms with van der Waals surface area (Å²) in [5.74, 6) is 7.33. The van der Waals surface area contributed by atoms with Gasteiger partial charge in [0.15, 0.2) is 0 Å². The second kappa shape index (κ2) is 15.1. The fourth-order valence-electron chi connectivity index (χ4n) is 3.11. The Morgan fingerprint density at radius 2 is 1.92 bits per heavy atom. The van der Waals surface area contributed by atoms with Crippen LogP contribution in [-0.2, 0) is 0 Å². The highest BCUT2D eigenvalue weighted by atomic mass is 35.5. The van der Waals surface area contributed by atoms with Crippen LogP contribution in [0.3, 0.4) is 0 Å². The molecule has 1 aromatic heterocycles. The van der Waals surface area contributed by atoms with Crippen LogP contribution < -0.4 is 4.74 Å². The zero-order valence-electron chi connectivity index (χ0n) is 16.2. The van der Waals surface area contributed by atoms with Gasteiger partial charge in [0, 0.05) is 24.2 Å². The molecule has 0 radical (unpaired) electrons. The number of aromatic nitrogens is 1. The van der Waals surface area contributed by atoms with Crippen molar-refractivity contribution in [1.82, 2.24) is 9.88 Å². The van der Waals surface area contributed by atoms with Crippen molar-refractivity contribution in [3.8, 4) is 17.6 Å². The van der Waals surface area contributed by atoms with Gasteiger partial charge in [-0.1, -0.05) is 50.9 Å². The molecule has 0 aliphatic carbocycles. The van der Waals surface area contributed by atoms with Gasteiger partial charge in [-0.05, 0) is 38.9 Å². The number of rotatable bonds is 9. The lowest BCUT2D eigenvalue weighted by atomic mass is 10.1. The van der Waals surface area contributed by atoms with Crippen molar-refractivity contribution in [3.05, 3.63) is 24.0 Å². The van der Waals surface area contributed by atoms with Gasteiger partial charge < -0.3 is 9.64 Å². The highest BCUT2D eigenvalue weighted by molar-refractivity contribution is 5.85. The summed E-state index contributed by atoms with van der Waals surface area (Å²) in [4.78, 5) is 6.63. The van der Waals surface area contributed by atoms with Crippen molar-refractivity contribution in [2.24, 2.45) is 0 Å². The Morgan fingerprint density at radius 1 is 1.15 bits per heavy atom. The van der Waals surface area contributed by atoms with Crippen LogP contribution in [0, 0.1) is 11.8 Å². The van der Waals surface area contributed by atoms with Crippen LogP contribution >= 0.6 is 24.8 Å². The number of nitrogens with zero attached hydrogens (tertiary/aromatic N) is 2. The molecule has 0 saturated carbocycles. The number of hydrogen-bond donors (Lipinski definition) is 0. The summed E-state index contributed by atoms with van der Waals surface area (Å²) in [6.07, 6.45) is 15.0. The van der Waals surface area contributed by atoms with Crippen LogP contribution in [0.4, 0.5) is 0 Å². The van der Waals surface area contributed by atoms with Crippen molar-refractivity contribution in [1.29, 1.82) is 0 Å². The molecule has 3 nitrogen and oxygen atoms in total. The van der Waals surface area contributed by atoms with Gasteiger partial charge in [-0.2, -0.15) is 0 Å². The zero-order chi connectivity index (χ0) is 17.0. The van der Waals surface area contributed by atoms with Gasteiger partial charge in [-0.15, -0.1) is 24.8 Å². The first-order chi connectivity index (χ1) is 11.8. The average molecular weight is 401 g/mol. The molecule has 0 unspecified atom stereocenters. The first-order valence-corrected chi connectivity index (χ1v) is 9.56. The van der Waals surface area contributed by atoms with Gasteiger partial charge in [-0.25, -0.2) is 0 Å². The van der Waals surface area contributed by atoms with E-state index in [1.807, 2.05) is 12.3 Å². The van der Waals surface area contributed by atoms with Crippen LogP contribution in [0.25, 0.3) is 0 Å². The summed E-state index contributed by atoms with van der Waals surface area (Å²) in [6.45, 7) is 4.17. The van der Waals surface area contributed by atoms with E-state index in [2.05, 4.69) is 35.7 Å². The SMILES string of the molecule is CCCCCCCCC#Cc1cncc(OC[C@@H]2CCCN2C)c1.Cl.Cl. The van der Waals surface area contributed by atoms with Crippen LogP contribution in [0.5, 0.6) is 5.75 Å². The molecule has 0 bridgehead atoms. The van der Waals surface area contributed by atoms with Gasteiger partial charge in [0.2, 0.25) is 0 Å². The van der Waals surface area contributed by atoms with Gasteiger partial charge >= 0.3 is 0 Å². The molecule has 26 heavy (non-hydrogen) atoms. The van der Waals surface area contributed by atoms with E-state index < -0.39 is 0 Å². The Labute approximate surface area is 172 Å².